The standard InChI is InChI=1S/C16H21NO4/c18-14-10-12(7-8-13(14)16(20)21)17-15(19)9-6-11-4-2-1-3-5-11/h7-8,10-11,18H,1-6,9H2,(H,17,19)(H,20,21). The van der Waals surface area contributed by atoms with Crippen LogP contribution in [0.25, 0.3) is 0 Å². The number of anilines is 1. The first-order chi connectivity index (χ1) is 10.1. The number of hydrogen-bond donors (Lipinski definition) is 3. The van der Waals surface area contributed by atoms with Crippen LogP contribution in [0.1, 0.15) is 55.3 Å². The minimum atomic E-state index is -1.19. The first kappa shape index (κ1) is 15.4. The lowest BCUT2D eigenvalue weighted by atomic mass is 9.86. The van der Waals surface area contributed by atoms with Gasteiger partial charge in [-0.2, -0.15) is 0 Å². The van der Waals surface area contributed by atoms with Gasteiger partial charge in [-0.15, -0.1) is 0 Å². The van der Waals surface area contributed by atoms with Crippen molar-refractivity contribution in [3.63, 3.8) is 0 Å². The SMILES string of the molecule is O=C(CCC1CCCCC1)Nc1ccc(C(=O)O)c(O)c1. The number of phenols is 1. The van der Waals surface area contributed by atoms with E-state index in [0.717, 1.165) is 6.42 Å². The van der Waals surface area contributed by atoms with Gasteiger partial charge in [-0.05, 0) is 24.5 Å². The molecule has 0 heterocycles. The van der Waals surface area contributed by atoms with Gasteiger partial charge in [0, 0.05) is 18.2 Å². The van der Waals surface area contributed by atoms with Gasteiger partial charge < -0.3 is 15.5 Å². The van der Waals surface area contributed by atoms with Crippen molar-refractivity contribution in [2.24, 2.45) is 5.92 Å². The number of carbonyl (C=O) groups is 2. The molecule has 1 fully saturated rings. The molecule has 1 aromatic carbocycles. The van der Waals surface area contributed by atoms with Gasteiger partial charge in [0.1, 0.15) is 11.3 Å². The molecule has 114 valence electrons. The Morgan fingerprint density at radius 2 is 1.90 bits per heavy atom. The van der Waals surface area contributed by atoms with Gasteiger partial charge in [-0.25, -0.2) is 4.79 Å². The number of hydrogen-bond acceptors (Lipinski definition) is 3. The fourth-order valence-electron chi connectivity index (χ4n) is 2.82. The Morgan fingerprint density at radius 3 is 2.52 bits per heavy atom. The monoisotopic (exact) mass is 291 g/mol. The zero-order valence-electron chi connectivity index (χ0n) is 12.0. The van der Waals surface area contributed by atoms with Crippen LogP contribution < -0.4 is 5.32 Å². The second-order valence-electron chi connectivity index (χ2n) is 5.63. The van der Waals surface area contributed by atoms with E-state index >= 15 is 0 Å². The Balaban J connectivity index is 1.84. The average molecular weight is 291 g/mol. The third-order valence-electron chi connectivity index (χ3n) is 4.02. The summed E-state index contributed by atoms with van der Waals surface area (Å²) in [4.78, 5) is 22.7. The van der Waals surface area contributed by atoms with Crippen molar-refractivity contribution in [2.75, 3.05) is 5.32 Å². The van der Waals surface area contributed by atoms with Crippen molar-refractivity contribution in [1.82, 2.24) is 0 Å². The smallest absolute Gasteiger partial charge is 0.339 e. The van der Waals surface area contributed by atoms with Gasteiger partial charge in [0.05, 0.1) is 0 Å². The van der Waals surface area contributed by atoms with Crippen molar-refractivity contribution in [3.05, 3.63) is 23.8 Å². The highest BCUT2D eigenvalue weighted by atomic mass is 16.4. The van der Waals surface area contributed by atoms with Crippen molar-refractivity contribution in [1.29, 1.82) is 0 Å². The van der Waals surface area contributed by atoms with Crippen LogP contribution in [0.3, 0.4) is 0 Å². The van der Waals surface area contributed by atoms with Crippen LogP contribution in [0.15, 0.2) is 18.2 Å². The van der Waals surface area contributed by atoms with E-state index in [2.05, 4.69) is 5.32 Å². The first-order valence-corrected chi connectivity index (χ1v) is 7.42. The third-order valence-corrected chi connectivity index (χ3v) is 4.02. The minimum absolute atomic E-state index is 0.0944. The predicted octanol–water partition coefficient (Wildman–Crippen LogP) is 3.39. The lowest BCUT2D eigenvalue weighted by Gasteiger charge is -2.21. The van der Waals surface area contributed by atoms with E-state index in [1.54, 1.807) is 0 Å². The molecule has 5 heteroatoms. The second-order valence-corrected chi connectivity index (χ2v) is 5.63. The van der Waals surface area contributed by atoms with Gasteiger partial charge >= 0.3 is 5.97 Å². The maximum absolute atomic E-state index is 11.9. The maximum atomic E-state index is 11.9. The zero-order chi connectivity index (χ0) is 15.2. The summed E-state index contributed by atoms with van der Waals surface area (Å²) in [5, 5.41) is 21.1. The molecule has 0 aromatic heterocycles. The van der Waals surface area contributed by atoms with E-state index in [-0.39, 0.29) is 17.2 Å². The van der Waals surface area contributed by atoms with Gasteiger partial charge in [0.2, 0.25) is 5.91 Å². The number of carbonyl (C=O) groups excluding carboxylic acids is 1. The summed E-state index contributed by atoms with van der Waals surface area (Å²) in [5.41, 5.74) is 0.251. The Hall–Kier alpha value is -2.04. The number of aromatic carboxylic acids is 1. The average Bonchev–Trinajstić information content (AvgIpc) is 2.46. The number of carboxylic acid groups (broad SMARTS) is 1. The summed E-state index contributed by atoms with van der Waals surface area (Å²) in [6.07, 6.45) is 7.60. The number of amides is 1. The summed E-state index contributed by atoms with van der Waals surface area (Å²) >= 11 is 0. The molecule has 0 atom stereocenters. The van der Waals surface area contributed by atoms with Crippen LogP contribution in [0.5, 0.6) is 5.75 Å². The zero-order valence-corrected chi connectivity index (χ0v) is 12.0. The number of nitrogens with one attached hydrogen (secondary N) is 1. The van der Waals surface area contributed by atoms with E-state index in [1.807, 2.05) is 0 Å². The molecule has 1 saturated carbocycles. The predicted molar refractivity (Wildman–Crippen MR) is 79.5 cm³/mol. The van der Waals surface area contributed by atoms with Crippen LogP contribution in [0, 0.1) is 5.92 Å². The van der Waals surface area contributed by atoms with Crippen LogP contribution in [0.2, 0.25) is 0 Å². The van der Waals surface area contributed by atoms with Gasteiger partial charge in [-0.3, -0.25) is 4.79 Å². The van der Waals surface area contributed by atoms with Crippen molar-refractivity contribution < 1.29 is 19.8 Å². The number of benzene rings is 1. The van der Waals surface area contributed by atoms with Crippen molar-refractivity contribution >= 4 is 17.6 Å². The Labute approximate surface area is 124 Å². The molecular formula is C16H21NO4. The molecule has 5 nitrogen and oxygen atoms in total. The fraction of sp³-hybridized carbons (Fsp3) is 0.500. The van der Waals surface area contributed by atoms with Gasteiger partial charge in [0.15, 0.2) is 0 Å². The highest BCUT2D eigenvalue weighted by molar-refractivity contribution is 5.94. The highest BCUT2D eigenvalue weighted by Crippen LogP contribution is 2.27. The molecule has 0 bridgehead atoms. The van der Waals surface area contributed by atoms with Crippen LogP contribution in [-0.2, 0) is 4.79 Å². The molecule has 0 aliphatic heterocycles. The number of aromatic hydroxyl groups is 1. The third kappa shape index (κ3) is 4.48. The Morgan fingerprint density at radius 1 is 1.19 bits per heavy atom. The molecule has 3 N–H and O–H groups in total. The molecule has 0 radical (unpaired) electrons. The summed E-state index contributed by atoms with van der Waals surface area (Å²) < 4.78 is 0. The minimum Gasteiger partial charge on any atom is -0.507 e. The van der Waals surface area contributed by atoms with E-state index in [4.69, 9.17) is 5.11 Å². The summed E-state index contributed by atoms with van der Waals surface area (Å²) in [5.74, 6) is -0.981. The second kappa shape index (κ2) is 7.11. The molecule has 2 rings (SSSR count). The van der Waals surface area contributed by atoms with Crippen LogP contribution >= 0.6 is 0 Å². The largest absolute Gasteiger partial charge is 0.507 e. The molecule has 21 heavy (non-hydrogen) atoms. The molecule has 1 amide bonds. The first-order valence-electron chi connectivity index (χ1n) is 7.42. The van der Waals surface area contributed by atoms with Crippen molar-refractivity contribution in [2.45, 2.75) is 44.9 Å². The van der Waals surface area contributed by atoms with E-state index < -0.39 is 5.97 Å². The number of rotatable bonds is 5. The molecule has 0 unspecified atom stereocenters. The normalized spacial score (nSPS) is 15.6. The quantitative estimate of drug-likeness (QED) is 0.776. The fourth-order valence-corrected chi connectivity index (χ4v) is 2.82. The topological polar surface area (TPSA) is 86.6 Å². The number of carboxylic acids is 1. The van der Waals surface area contributed by atoms with Crippen LogP contribution in [-0.4, -0.2) is 22.1 Å². The molecule has 1 aromatic rings. The summed E-state index contributed by atoms with van der Waals surface area (Å²) in [6.45, 7) is 0. The van der Waals surface area contributed by atoms with Crippen LogP contribution in [0.4, 0.5) is 5.69 Å². The lowest BCUT2D eigenvalue weighted by Crippen LogP contribution is -2.15. The summed E-state index contributed by atoms with van der Waals surface area (Å²) in [7, 11) is 0. The molecule has 0 saturated heterocycles. The van der Waals surface area contributed by atoms with E-state index in [1.165, 1.54) is 50.3 Å². The molecule has 1 aliphatic rings. The highest BCUT2D eigenvalue weighted by Gasteiger charge is 2.15. The van der Waals surface area contributed by atoms with Crippen molar-refractivity contribution in [3.8, 4) is 5.75 Å². The van der Waals surface area contributed by atoms with Gasteiger partial charge in [-0.1, -0.05) is 32.1 Å². The molecule has 0 spiro atoms. The Bertz CT molecular complexity index is 521. The summed E-state index contributed by atoms with van der Waals surface area (Å²) in [6, 6.07) is 4.04. The molecule has 1 aliphatic carbocycles. The van der Waals surface area contributed by atoms with Gasteiger partial charge in [0.25, 0.3) is 0 Å². The van der Waals surface area contributed by atoms with E-state index in [0.29, 0.717) is 18.0 Å². The van der Waals surface area contributed by atoms with E-state index in [9.17, 15) is 14.7 Å². The Kier molecular flexibility index (Phi) is 5.20. The maximum Gasteiger partial charge on any atom is 0.339 e. The molecular weight excluding hydrogens is 270 g/mol. The lowest BCUT2D eigenvalue weighted by molar-refractivity contribution is -0.116.